The van der Waals surface area contributed by atoms with Gasteiger partial charge in [-0.1, -0.05) is 18.7 Å². The summed E-state index contributed by atoms with van der Waals surface area (Å²) in [5.41, 5.74) is 0.194. The highest BCUT2D eigenvalue weighted by atomic mass is 19.1. The van der Waals surface area contributed by atoms with Crippen molar-refractivity contribution < 1.29 is 4.39 Å². The minimum Gasteiger partial charge on any atom is -0.393 e. The Morgan fingerprint density at radius 3 is 2.82 bits per heavy atom. The normalized spacial score (nSPS) is 11.0. The van der Waals surface area contributed by atoms with Gasteiger partial charge in [0.25, 0.3) is 0 Å². The maximum atomic E-state index is 13.2. The van der Waals surface area contributed by atoms with Gasteiger partial charge in [0.05, 0.1) is 0 Å². The van der Waals surface area contributed by atoms with Crippen molar-refractivity contribution in [3.8, 4) is 0 Å². The molecule has 1 rings (SSSR count). The monoisotopic (exact) mass is 234 g/mol. The molecule has 0 aliphatic heterocycles. The molecule has 90 valence electrons. The van der Waals surface area contributed by atoms with E-state index in [4.69, 9.17) is 0 Å². The van der Waals surface area contributed by atoms with Gasteiger partial charge in [-0.3, -0.25) is 0 Å². The van der Waals surface area contributed by atoms with E-state index in [1.165, 1.54) is 6.07 Å². The summed E-state index contributed by atoms with van der Waals surface area (Å²) in [6, 6.07) is 6.19. The highest BCUT2D eigenvalue weighted by molar-refractivity contribution is 5.37. The van der Waals surface area contributed by atoms with Crippen molar-refractivity contribution in [2.45, 2.75) is 0 Å². The second-order valence-corrected chi connectivity index (χ2v) is 3.28. The molecule has 0 radical (unpaired) electrons. The summed E-state index contributed by atoms with van der Waals surface area (Å²) >= 11 is 0. The molecule has 17 heavy (non-hydrogen) atoms. The van der Waals surface area contributed by atoms with Crippen LogP contribution >= 0.6 is 0 Å². The minimum atomic E-state index is -0.405. The molecule has 1 aromatic carbocycles. The molecular formula is C12H15FN4. The topological polar surface area (TPSA) is 40.0 Å². The predicted molar refractivity (Wildman–Crippen MR) is 66.0 cm³/mol. The number of hydrogen-bond acceptors (Lipinski definition) is 4. The van der Waals surface area contributed by atoms with Gasteiger partial charge < -0.3 is 10.2 Å². The molecule has 0 saturated heterocycles. The first-order chi connectivity index (χ1) is 8.15. The first-order valence-electron chi connectivity index (χ1n) is 5.07. The van der Waals surface area contributed by atoms with Crippen LogP contribution in [0.5, 0.6) is 0 Å². The Balaban J connectivity index is 2.69. The van der Waals surface area contributed by atoms with Gasteiger partial charge >= 0.3 is 0 Å². The van der Waals surface area contributed by atoms with Crippen LogP contribution in [0.4, 0.5) is 10.1 Å². The third-order valence-corrected chi connectivity index (χ3v) is 2.00. The van der Waals surface area contributed by atoms with Gasteiger partial charge in [-0.05, 0) is 12.1 Å². The first kappa shape index (κ1) is 12.9. The molecule has 0 bridgehead atoms. The van der Waals surface area contributed by atoms with Crippen LogP contribution in [0.3, 0.4) is 0 Å². The summed E-state index contributed by atoms with van der Waals surface area (Å²) in [6.45, 7) is 3.72. The zero-order chi connectivity index (χ0) is 12.7. The minimum absolute atomic E-state index is 0.194. The number of halogens is 1. The molecule has 0 amide bonds. The summed E-state index contributed by atoms with van der Waals surface area (Å²) in [5.74, 6) is 0.0113. The largest absolute Gasteiger partial charge is 0.393 e. The maximum absolute atomic E-state index is 13.2. The third kappa shape index (κ3) is 4.06. The van der Waals surface area contributed by atoms with Crippen LogP contribution in [-0.4, -0.2) is 19.0 Å². The van der Waals surface area contributed by atoms with Crippen LogP contribution in [0.2, 0.25) is 0 Å². The molecule has 0 unspecified atom stereocenters. The summed E-state index contributed by atoms with van der Waals surface area (Å²) in [7, 11) is 3.56. The molecule has 0 fully saturated rings. The van der Waals surface area contributed by atoms with Crippen molar-refractivity contribution in [1.29, 1.82) is 0 Å². The van der Waals surface area contributed by atoms with Crippen molar-refractivity contribution in [3.63, 3.8) is 0 Å². The molecule has 0 atom stereocenters. The zero-order valence-electron chi connectivity index (χ0n) is 9.89. The summed E-state index contributed by atoms with van der Waals surface area (Å²) < 4.78 is 13.2. The van der Waals surface area contributed by atoms with Gasteiger partial charge in [-0.15, -0.1) is 10.2 Å². The molecule has 0 heterocycles. The number of nitrogens with zero attached hydrogens (tertiary/aromatic N) is 3. The summed E-state index contributed by atoms with van der Waals surface area (Å²) in [4.78, 5) is 1.67. The van der Waals surface area contributed by atoms with E-state index in [0.29, 0.717) is 5.82 Å². The average molecular weight is 234 g/mol. The Kier molecular flexibility index (Phi) is 4.87. The second-order valence-electron chi connectivity index (χ2n) is 3.28. The van der Waals surface area contributed by atoms with E-state index < -0.39 is 5.82 Å². The van der Waals surface area contributed by atoms with Crippen molar-refractivity contribution in [1.82, 2.24) is 10.2 Å². The number of azo groups is 1. The number of rotatable bonds is 5. The van der Waals surface area contributed by atoms with E-state index in [9.17, 15) is 4.39 Å². The van der Waals surface area contributed by atoms with Gasteiger partial charge in [0.2, 0.25) is 0 Å². The molecule has 0 aromatic heterocycles. The van der Waals surface area contributed by atoms with E-state index in [1.54, 1.807) is 49.6 Å². The van der Waals surface area contributed by atoms with Crippen LogP contribution in [0.1, 0.15) is 0 Å². The molecule has 1 N–H and O–H groups in total. The molecule has 0 spiro atoms. The zero-order valence-corrected chi connectivity index (χ0v) is 9.89. The van der Waals surface area contributed by atoms with Crippen LogP contribution in [0.25, 0.3) is 0 Å². The number of nitrogens with one attached hydrogen (secondary N) is 1. The molecular weight excluding hydrogens is 219 g/mol. The fourth-order valence-electron chi connectivity index (χ4n) is 0.987. The lowest BCUT2D eigenvalue weighted by atomic mass is 10.3. The van der Waals surface area contributed by atoms with Gasteiger partial charge in [0.1, 0.15) is 11.5 Å². The second kappa shape index (κ2) is 6.42. The van der Waals surface area contributed by atoms with Crippen molar-refractivity contribution in [2.24, 2.45) is 10.2 Å². The van der Waals surface area contributed by atoms with Gasteiger partial charge in [0, 0.05) is 26.5 Å². The van der Waals surface area contributed by atoms with Crippen LogP contribution in [0.15, 0.2) is 59.3 Å². The maximum Gasteiger partial charge on any atom is 0.150 e. The SMILES string of the molecule is C=C(N=Nc1ccccc1F)N(C)/C=C\NC. The fraction of sp³-hybridized carbons (Fsp3) is 0.167. The van der Waals surface area contributed by atoms with Gasteiger partial charge in [-0.2, -0.15) is 0 Å². The average Bonchev–Trinajstić information content (AvgIpc) is 2.34. The summed E-state index contributed by atoms with van der Waals surface area (Å²) in [6.07, 6.45) is 3.46. The van der Waals surface area contributed by atoms with Crippen molar-refractivity contribution in [2.75, 3.05) is 14.1 Å². The quantitative estimate of drug-likeness (QED) is 0.795. The summed E-state index contributed by atoms with van der Waals surface area (Å²) in [5, 5.41) is 10.5. The Morgan fingerprint density at radius 2 is 2.18 bits per heavy atom. The van der Waals surface area contributed by atoms with Crippen LogP contribution in [0, 0.1) is 5.82 Å². The first-order valence-corrected chi connectivity index (χ1v) is 5.07. The molecule has 0 aliphatic carbocycles. The predicted octanol–water partition coefficient (Wildman–Crippen LogP) is 3.00. The standard InChI is InChI=1S/C12H15FN4/c1-10(17(3)9-8-14-2)15-16-12-7-5-4-6-11(12)13/h4-9,14H,1H2,2-3H3/b9-8-,16-15?. The van der Waals surface area contributed by atoms with Crippen LogP contribution < -0.4 is 5.32 Å². The lowest BCUT2D eigenvalue weighted by Gasteiger charge is -2.11. The van der Waals surface area contributed by atoms with Crippen molar-refractivity contribution >= 4 is 5.69 Å². The Bertz CT molecular complexity index is 440. The Hall–Kier alpha value is -2.17. The molecule has 0 saturated carbocycles. The number of hydrogen-bond donors (Lipinski definition) is 1. The molecule has 5 heteroatoms. The lowest BCUT2D eigenvalue weighted by Crippen LogP contribution is -2.08. The molecule has 1 aromatic rings. The molecule has 0 aliphatic rings. The third-order valence-electron chi connectivity index (χ3n) is 2.00. The van der Waals surface area contributed by atoms with E-state index >= 15 is 0 Å². The van der Waals surface area contributed by atoms with Crippen molar-refractivity contribution in [3.05, 3.63) is 54.9 Å². The highest BCUT2D eigenvalue weighted by Gasteiger charge is 1.99. The fourth-order valence-corrected chi connectivity index (χ4v) is 0.987. The van der Waals surface area contributed by atoms with E-state index in [2.05, 4.69) is 22.1 Å². The van der Waals surface area contributed by atoms with E-state index in [-0.39, 0.29) is 5.69 Å². The lowest BCUT2D eigenvalue weighted by molar-refractivity contribution is 0.551. The van der Waals surface area contributed by atoms with Gasteiger partial charge in [-0.25, -0.2) is 4.39 Å². The van der Waals surface area contributed by atoms with Gasteiger partial charge in [0.15, 0.2) is 5.82 Å². The highest BCUT2D eigenvalue weighted by Crippen LogP contribution is 2.18. The van der Waals surface area contributed by atoms with E-state index in [1.807, 2.05) is 0 Å². The van der Waals surface area contributed by atoms with E-state index in [0.717, 1.165) is 0 Å². The smallest absolute Gasteiger partial charge is 0.150 e. The Morgan fingerprint density at radius 1 is 1.47 bits per heavy atom. The Labute approximate surface area is 100 Å². The van der Waals surface area contributed by atoms with Crippen LogP contribution in [-0.2, 0) is 0 Å². The molecule has 4 nitrogen and oxygen atoms in total. The number of benzene rings is 1.